The molecule has 2 heterocycles. The van der Waals surface area contributed by atoms with Crippen molar-refractivity contribution in [1.82, 2.24) is 15.2 Å². The van der Waals surface area contributed by atoms with Crippen molar-refractivity contribution in [3.05, 3.63) is 58.7 Å². The smallest absolute Gasteiger partial charge is 0.251 e. The maximum atomic E-state index is 12.7. The minimum absolute atomic E-state index is 0.0238. The lowest BCUT2D eigenvalue weighted by Gasteiger charge is -2.32. The van der Waals surface area contributed by atoms with Gasteiger partial charge in [-0.25, -0.2) is 4.98 Å². The van der Waals surface area contributed by atoms with Crippen molar-refractivity contribution in [3.8, 4) is 0 Å². The molecule has 1 saturated heterocycles. The largest absolute Gasteiger partial charge is 0.352 e. The first-order valence-electron chi connectivity index (χ1n) is 11.2. The molecule has 0 aliphatic carbocycles. The fraction of sp³-hybridized carbons (Fsp3) is 0.440. The number of carbonyl (C=O) groups is 3. The minimum Gasteiger partial charge on any atom is -0.352 e. The van der Waals surface area contributed by atoms with Gasteiger partial charge in [-0.05, 0) is 48.1 Å². The van der Waals surface area contributed by atoms with Crippen molar-refractivity contribution in [1.29, 1.82) is 0 Å². The van der Waals surface area contributed by atoms with Crippen LogP contribution in [0.3, 0.4) is 0 Å². The summed E-state index contributed by atoms with van der Waals surface area (Å²) in [4.78, 5) is 43.4. The topological polar surface area (TPSA) is 91.4 Å². The van der Waals surface area contributed by atoms with Crippen LogP contribution in [0.1, 0.15) is 56.0 Å². The number of carbonyl (C=O) groups excluding carboxylic acids is 3. The molecule has 1 fully saturated rings. The molecule has 1 aliphatic rings. The van der Waals surface area contributed by atoms with E-state index in [0.717, 1.165) is 12.0 Å². The second-order valence-corrected chi connectivity index (χ2v) is 9.80. The lowest BCUT2D eigenvalue weighted by Crippen LogP contribution is -2.44. The number of anilines is 1. The van der Waals surface area contributed by atoms with E-state index in [1.165, 1.54) is 6.20 Å². The van der Waals surface area contributed by atoms with Gasteiger partial charge in [0, 0.05) is 37.8 Å². The monoisotopic (exact) mass is 470 g/mol. The Kier molecular flexibility index (Phi) is 8.08. The summed E-state index contributed by atoms with van der Waals surface area (Å²) >= 11 is 5.82. The molecule has 1 unspecified atom stereocenters. The van der Waals surface area contributed by atoms with Crippen molar-refractivity contribution in [2.45, 2.75) is 45.4 Å². The van der Waals surface area contributed by atoms with E-state index in [1.807, 2.05) is 12.1 Å². The van der Waals surface area contributed by atoms with Crippen molar-refractivity contribution in [2.75, 3.05) is 25.0 Å². The van der Waals surface area contributed by atoms with Gasteiger partial charge in [0.25, 0.3) is 5.91 Å². The predicted molar refractivity (Wildman–Crippen MR) is 129 cm³/mol. The molecular formula is C25H31ClN4O3. The fourth-order valence-electron chi connectivity index (χ4n) is 3.76. The number of rotatable bonds is 6. The highest BCUT2D eigenvalue weighted by atomic mass is 35.5. The van der Waals surface area contributed by atoms with Crippen LogP contribution in [0.2, 0.25) is 5.02 Å². The molecule has 0 spiro atoms. The van der Waals surface area contributed by atoms with Gasteiger partial charge in [-0.15, -0.1) is 0 Å². The van der Waals surface area contributed by atoms with Crippen LogP contribution in [-0.4, -0.2) is 47.2 Å². The Balaban J connectivity index is 1.45. The lowest BCUT2D eigenvalue weighted by atomic mass is 9.87. The first kappa shape index (κ1) is 24.7. The Morgan fingerprint density at radius 3 is 2.48 bits per heavy atom. The van der Waals surface area contributed by atoms with Gasteiger partial charge in [0.1, 0.15) is 5.82 Å². The van der Waals surface area contributed by atoms with Gasteiger partial charge in [0.05, 0.1) is 10.9 Å². The summed E-state index contributed by atoms with van der Waals surface area (Å²) in [5.41, 5.74) is 1.75. The fourth-order valence-corrected chi connectivity index (χ4v) is 3.87. The summed E-state index contributed by atoms with van der Waals surface area (Å²) in [7, 11) is 0. The molecule has 2 N–H and O–H groups in total. The Morgan fingerprint density at radius 2 is 1.85 bits per heavy atom. The van der Waals surface area contributed by atoms with Crippen LogP contribution >= 0.6 is 11.6 Å². The van der Waals surface area contributed by atoms with E-state index in [0.29, 0.717) is 35.9 Å². The number of halogens is 1. The molecule has 1 aliphatic heterocycles. The van der Waals surface area contributed by atoms with E-state index < -0.39 is 0 Å². The molecule has 0 radical (unpaired) electrons. The van der Waals surface area contributed by atoms with E-state index in [2.05, 4.69) is 36.4 Å². The third-order valence-electron chi connectivity index (χ3n) is 5.76. The number of aromatic nitrogens is 1. The highest BCUT2D eigenvalue weighted by molar-refractivity contribution is 6.30. The molecule has 1 aromatic carbocycles. The number of benzene rings is 1. The standard InChI is InChI=1S/C25H31ClN4O3/c1-25(2,3)19-8-6-17(7-9-19)23(32)27-13-12-22(31)30-14-4-5-18(16-30)24(33)29-21-11-10-20(26)15-28-21/h6-11,15,18H,4-5,12-14,16H2,1-3H3,(H,27,32)(H,28,29,33). The number of nitrogens with one attached hydrogen (secondary N) is 2. The van der Waals surface area contributed by atoms with Gasteiger partial charge < -0.3 is 15.5 Å². The normalized spacial score (nSPS) is 16.2. The summed E-state index contributed by atoms with van der Waals surface area (Å²) in [5.74, 6) is -0.286. The van der Waals surface area contributed by atoms with E-state index in [-0.39, 0.29) is 42.0 Å². The molecule has 0 bridgehead atoms. The zero-order valence-corrected chi connectivity index (χ0v) is 20.1. The molecule has 8 heteroatoms. The highest BCUT2D eigenvalue weighted by Gasteiger charge is 2.28. The average molecular weight is 471 g/mol. The summed E-state index contributed by atoms with van der Waals surface area (Å²) in [6.45, 7) is 7.59. The molecule has 0 saturated carbocycles. The predicted octanol–water partition coefficient (Wildman–Crippen LogP) is 4.03. The number of nitrogens with zero attached hydrogens (tertiary/aromatic N) is 2. The molecule has 3 amide bonds. The van der Waals surface area contributed by atoms with E-state index >= 15 is 0 Å². The minimum atomic E-state index is -0.295. The quantitative estimate of drug-likeness (QED) is 0.666. The maximum Gasteiger partial charge on any atom is 0.251 e. The third kappa shape index (κ3) is 7.02. The van der Waals surface area contributed by atoms with Crippen molar-refractivity contribution in [2.24, 2.45) is 5.92 Å². The van der Waals surface area contributed by atoms with Gasteiger partial charge in [-0.3, -0.25) is 14.4 Å². The number of pyridine rings is 1. The summed E-state index contributed by atoms with van der Waals surface area (Å²) in [5, 5.41) is 6.09. The molecular weight excluding hydrogens is 440 g/mol. The zero-order chi connectivity index (χ0) is 24.0. The number of piperidine rings is 1. The Hall–Kier alpha value is -2.93. The van der Waals surface area contributed by atoms with Crippen LogP contribution in [0.15, 0.2) is 42.6 Å². The Bertz CT molecular complexity index is 984. The molecule has 2 aromatic rings. The summed E-state index contributed by atoms with van der Waals surface area (Å²) in [6.07, 6.45) is 3.13. The SMILES string of the molecule is CC(C)(C)c1ccc(C(=O)NCCC(=O)N2CCCC(C(=O)Nc3ccc(Cl)cn3)C2)cc1. The maximum absolute atomic E-state index is 12.7. The van der Waals surface area contributed by atoms with E-state index in [4.69, 9.17) is 11.6 Å². The van der Waals surface area contributed by atoms with Gasteiger partial charge in [0.2, 0.25) is 11.8 Å². The molecule has 1 aromatic heterocycles. The third-order valence-corrected chi connectivity index (χ3v) is 5.98. The van der Waals surface area contributed by atoms with Crippen LogP contribution in [0, 0.1) is 5.92 Å². The lowest BCUT2D eigenvalue weighted by molar-refractivity contribution is -0.134. The Morgan fingerprint density at radius 1 is 1.12 bits per heavy atom. The van der Waals surface area contributed by atoms with Crippen LogP contribution in [-0.2, 0) is 15.0 Å². The van der Waals surface area contributed by atoms with Crippen LogP contribution < -0.4 is 10.6 Å². The van der Waals surface area contributed by atoms with E-state index in [9.17, 15) is 14.4 Å². The second-order valence-electron chi connectivity index (χ2n) is 9.36. The summed E-state index contributed by atoms with van der Waals surface area (Å²) in [6, 6.07) is 10.8. The number of hydrogen-bond acceptors (Lipinski definition) is 4. The molecule has 1 atom stereocenters. The molecule has 176 valence electrons. The Labute approximate surface area is 199 Å². The number of amides is 3. The van der Waals surface area contributed by atoms with E-state index in [1.54, 1.807) is 29.2 Å². The highest BCUT2D eigenvalue weighted by Crippen LogP contribution is 2.22. The van der Waals surface area contributed by atoms with Gasteiger partial charge in [0.15, 0.2) is 0 Å². The second kappa shape index (κ2) is 10.8. The molecule has 33 heavy (non-hydrogen) atoms. The number of hydrogen-bond donors (Lipinski definition) is 2. The summed E-state index contributed by atoms with van der Waals surface area (Å²) < 4.78 is 0. The average Bonchev–Trinajstić information content (AvgIpc) is 2.80. The van der Waals surface area contributed by atoms with Gasteiger partial charge in [-0.1, -0.05) is 44.5 Å². The van der Waals surface area contributed by atoms with Crippen molar-refractivity contribution in [3.63, 3.8) is 0 Å². The van der Waals surface area contributed by atoms with Gasteiger partial charge >= 0.3 is 0 Å². The first-order chi connectivity index (χ1) is 15.6. The molecule has 3 rings (SSSR count). The van der Waals surface area contributed by atoms with Crippen LogP contribution in [0.25, 0.3) is 0 Å². The van der Waals surface area contributed by atoms with Crippen LogP contribution in [0.5, 0.6) is 0 Å². The zero-order valence-electron chi connectivity index (χ0n) is 19.4. The van der Waals surface area contributed by atoms with Crippen molar-refractivity contribution < 1.29 is 14.4 Å². The van der Waals surface area contributed by atoms with Crippen molar-refractivity contribution >= 4 is 35.1 Å². The van der Waals surface area contributed by atoms with Gasteiger partial charge in [-0.2, -0.15) is 0 Å². The number of likely N-dealkylation sites (tertiary alicyclic amines) is 1. The first-order valence-corrected chi connectivity index (χ1v) is 11.6. The molecule has 7 nitrogen and oxygen atoms in total. The van der Waals surface area contributed by atoms with Crippen LogP contribution in [0.4, 0.5) is 5.82 Å².